The number of carboxylic acids is 1. The summed E-state index contributed by atoms with van der Waals surface area (Å²) < 4.78 is 64.2. The Hall–Kier alpha value is -1.64. The molecule has 0 saturated heterocycles. The first-order valence-electron chi connectivity index (χ1n) is 4.75. The zero-order valence-corrected chi connectivity index (χ0v) is 10.2. The minimum absolute atomic E-state index is 0.273. The van der Waals surface area contributed by atoms with Crippen molar-refractivity contribution in [3.63, 3.8) is 0 Å². The second-order valence-corrected chi connectivity index (χ2v) is 4.70. The highest BCUT2D eigenvalue weighted by Gasteiger charge is 2.40. The summed E-state index contributed by atoms with van der Waals surface area (Å²) in [6.45, 7) is 0.791. The Balaban J connectivity index is 2.89. The SMILES string of the molecule is CC(F)(C(=O)O)c1ccc(OS(=O)C(F)(F)F)cc1. The van der Waals surface area contributed by atoms with Crippen LogP contribution in [0.25, 0.3) is 0 Å². The first-order valence-corrected chi connectivity index (χ1v) is 5.82. The Morgan fingerprint density at radius 2 is 1.68 bits per heavy atom. The average Bonchev–Trinajstić information content (AvgIpc) is 2.28. The molecule has 1 aromatic rings. The van der Waals surface area contributed by atoms with Gasteiger partial charge in [-0.15, -0.1) is 0 Å². The van der Waals surface area contributed by atoms with E-state index >= 15 is 0 Å². The van der Waals surface area contributed by atoms with E-state index in [1.165, 1.54) is 0 Å². The molecule has 0 heterocycles. The van der Waals surface area contributed by atoms with Crippen LogP contribution < -0.4 is 4.18 Å². The van der Waals surface area contributed by atoms with Crippen molar-refractivity contribution in [1.82, 2.24) is 0 Å². The van der Waals surface area contributed by atoms with Crippen LogP contribution in [0.4, 0.5) is 17.6 Å². The van der Waals surface area contributed by atoms with Crippen LogP contribution in [0, 0.1) is 0 Å². The minimum atomic E-state index is -5.03. The fourth-order valence-corrected chi connectivity index (χ4v) is 1.46. The highest BCUT2D eigenvalue weighted by Crippen LogP contribution is 2.29. The van der Waals surface area contributed by atoms with Gasteiger partial charge in [-0.3, -0.25) is 0 Å². The van der Waals surface area contributed by atoms with Crippen LogP contribution >= 0.6 is 0 Å². The van der Waals surface area contributed by atoms with Crippen LogP contribution in [-0.2, 0) is 21.5 Å². The predicted molar refractivity (Wildman–Crippen MR) is 57.4 cm³/mol. The molecule has 0 spiro atoms. The monoisotopic (exact) mass is 300 g/mol. The van der Waals surface area contributed by atoms with Gasteiger partial charge < -0.3 is 9.29 Å². The third-order valence-corrected chi connectivity index (χ3v) is 2.88. The van der Waals surface area contributed by atoms with E-state index in [4.69, 9.17) is 5.11 Å². The quantitative estimate of drug-likeness (QED) is 0.868. The Morgan fingerprint density at radius 3 is 2.05 bits per heavy atom. The number of carbonyl (C=O) groups is 1. The predicted octanol–water partition coefficient (Wildman–Crippen LogP) is 2.52. The molecular weight excluding hydrogens is 292 g/mol. The molecule has 1 rings (SSSR count). The van der Waals surface area contributed by atoms with E-state index in [2.05, 4.69) is 4.18 Å². The first-order chi connectivity index (χ1) is 8.55. The van der Waals surface area contributed by atoms with Crippen molar-refractivity contribution in [2.45, 2.75) is 18.1 Å². The molecule has 0 aliphatic carbocycles. The van der Waals surface area contributed by atoms with Crippen LogP contribution in [-0.4, -0.2) is 20.8 Å². The van der Waals surface area contributed by atoms with Crippen LogP contribution in [0.15, 0.2) is 24.3 Å². The third-order valence-electron chi connectivity index (χ3n) is 2.16. The molecule has 0 fully saturated rings. The topological polar surface area (TPSA) is 63.6 Å². The highest BCUT2D eigenvalue weighted by atomic mass is 32.2. The summed E-state index contributed by atoms with van der Waals surface area (Å²) in [5.74, 6) is -2.15. The van der Waals surface area contributed by atoms with Gasteiger partial charge >= 0.3 is 22.6 Å². The molecular formula is C10H8F4O4S. The molecule has 0 aliphatic heterocycles. The van der Waals surface area contributed by atoms with Crippen LogP contribution in [0.5, 0.6) is 5.75 Å². The van der Waals surface area contributed by atoms with E-state index < -0.39 is 34.0 Å². The standard InChI is InChI=1S/C10H8F4O4S/c1-9(11,8(15)16)6-2-4-7(5-3-6)18-19(17)10(12,13)14/h2-5H,1H3,(H,15,16). The lowest BCUT2D eigenvalue weighted by atomic mass is 9.98. The third kappa shape index (κ3) is 3.66. The van der Waals surface area contributed by atoms with Crippen molar-refractivity contribution < 1.29 is 35.9 Å². The lowest BCUT2D eigenvalue weighted by Gasteiger charge is -2.15. The molecule has 0 bridgehead atoms. The summed E-state index contributed by atoms with van der Waals surface area (Å²) >= 11 is -3.53. The van der Waals surface area contributed by atoms with E-state index in [9.17, 15) is 26.6 Å². The maximum absolute atomic E-state index is 13.6. The second-order valence-electron chi connectivity index (χ2n) is 3.60. The number of hydrogen-bond acceptors (Lipinski definition) is 3. The molecule has 106 valence electrons. The van der Waals surface area contributed by atoms with E-state index in [1.807, 2.05) is 0 Å². The molecule has 2 unspecified atom stereocenters. The maximum Gasteiger partial charge on any atom is 0.508 e. The summed E-state index contributed by atoms with van der Waals surface area (Å²) in [5, 5.41) is 8.61. The Morgan fingerprint density at radius 1 is 1.21 bits per heavy atom. The number of benzene rings is 1. The molecule has 19 heavy (non-hydrogen) atoms. The molecule has 0 aromatic heterocycles. The highest BCUT2D eigenvalue weighted by molar-refractivity contribution is 7.81. The summed E-state index contributed by atoms with van der Waals surface area (Å²) in [4.78, 5) is 10.6. The van der Waals surface area contributed by atoms with Gasteiger partial charge in [0.2, 0.25) is 5.67 Å². The van der Waals surface area contributed by atoms with Crippen molar-refractivity contribution in [2.24, 2.45) is 0 Å². The summed E-state index contributed by atoms with van der Waals surface area (Å²) in [7, 11) is 0. The molecule has 1 aromatic carbocycles. The number of rotatable bonds is 4. The van der Waals surface area contributed by atoms with Gasteiger partial charge in [0, 0.05) is 5.56 Å². The summed E-state index contributed by atoms with van der Waals surface area (Å²) in [6, 6.07) is 3.69. The smallest absolute Gasteiger partial charge is 0.479 e. The van der Waals surface area contributed by atoms with Gasteiger partial charge in [-0.25, -0.2) is 13.4 Å². The number of aliphatic carboxylic acids is 1. The van der Waals surface area contributed by atoms with Crippen LogP contribution in [0.1, 0.15) is 12.5 Å². The van der Waals surface area contributed by atoms with E-state index in [0.29, 0.717) is 0 Å². The number of hydrogen-bond donors (Lipinski definition) is 1. The second kappa shape index (κ2) is 5.16. The van der Waals surface area contributed by atoms with Crippen LogP contribution in [0.2, 0.25) is 0 Å². The lowest BCUT2D eigenvalue weighted by Crippen LogP contribution is -2.26. The van der Waals surface area contributed by atoms with Crippen molar-refractivity contribution in [3.05, 3.63) is 29.8 Å². The van der Waals surface area contributed by atoms with Gasteiger partial charge in [0.25, 0.3) is 0 Å². The maximum atomic E-state index is 13.6. The molecule has 1 N–H and O–H groups in total. The van der Waals surface area contributed by atoms with Crippen molar-refractivity contribution in [2.75, 3.05) is 0 Å². The van der Waals surface area contributed by atoms with Crippen molar-refractivity contribution in [3.8, 4) is 5.75 Å². The molecule has 4 nitrogen and oxygen atoms in total. The Labute approximate surface area is 107 Å². The van der Waals surface area contributed by atoms with E-state index in [1.54, 1.807) is 0 Å². The van der Waals surface area contributed by atoms with Crippen LogP contribution in [0.3, 0.4) is 0 Å². The molecule has 0 radical (unpaired) electrons. The van der Waals surface area contributed by atoms with Gasteiger partial charge in [-0.05, 0) is 19.1 Å². The Bertz CT molecular complexity index is 495. The fraction of sp³-hybridized carbons (Fsp3) is 0.300. The fourth-order valence-electron chi connectivity index (χ4n) is 1.08. The van der Waals surface area contributed by atoms with Gasteiger partial charge in [0.15, 0.2) is 0 Å². The Kier molecular flexibility index (Phi) is 4.18. The molecule has 0 saturated carbocycles. The van der Waals surface area contributed by atoms with Gasteiger partial charge in [0.1, 0.15) is 5.75 Å². The average molecular weight is 300 g/mol. The normalized spacial score (nSPS) is 16.5. The molecule has 0 aliphatic rings. The van der Waals surface area contributed by atoms with E-state index in [0.717, 1.165) is 31.2 Å². The van der Waals surface area contributed by atoms with Gasteiger partial charge in [-0.2, -0.15) is 13.2 Å². The van der Waals surface area contributed by atoms with Crippen molar-refractivity contribution >= 4 is 17.0 Å². The largest absolute Gasteiger partial charge is 0.508 e. The lowest BCUT2D eigenvalue weighted by molar-refractivity contribution is -0.150. The summed E-state index contributed by atoms with van der Waals surface area (Å²) in [6.07, 6.45) is 0. The zero-order chi connectivity index (χ0) is 14.8. The zero-order valence-electron chi connectivity index (χ0n) is 9.40. The number of carboxylic acid groups (broad SMARTS) is 1. The van der Waals surface area contributed by atoms with E-state index in [-0.39, 0.29) is 5.56 Å². The minimum Gasteiger partial charge on any atom is -0.479 e. The number of alkyl halides is 4. The molecule has 0 amide bonds. The van der Waals surface area contributed by atoms with Crippen molar-refractivity contribution in [1.29, 1.82) is 0 Å². The number of halogens is 4. The molecule has 9 heteroatoms. The molecule has 2 atom stereocenters. The van der Waals surface area contributed by atoms with Gasteiger partial charge in [0.05, 0.1) is 0 Å². The first kappa shape index (κ1) is 15.4. The van der Waals surface area contributed by atoms with Gasteiger partial charge in [-0.1, -0.05) is 12.1 Å². The summed E-state index contributed by atoms with van der Waals surface area (Å²) in [5.41, 5.74) is -7.99.